The number of ether oxygens (including phenoxy) is 2. The molecule has 1 aromatic carbocycles. The standard InChI is InChI=1S/C23H28N6O5S/c24-22-21-18(26-35(31,32)27-22)4-1-5-19(21)34-15-16-3-2-8-29(14-16)20-7-6-17(13-25-20)23(30)28-9-11-33-12-10-28/h1,4-7,13,16,26H,2-3,8-12,14-15H2,(H2,24,27)/t16-/m0/s1. The SMILES string of the molecule is NC1=NS(=O)(=O)Nc2cccc(OC[C@H]3CCCN(c4ccc(C(=O)N5CCOCC5)cn4)C3)c21. The van der Waals surface area contributed by atoms with Crippen LogP contribution in [0.15, 0.2) is 40.9 Å². The van der Waals surface area contributed by atoms with Gasteiger partial charge in [-0.1, -0.05) is 6.07 Å². The molecule has 4 heterocycles. The van der Waals surface area contributed by atoms with Gasteiger partial charge in [0.1, 0.15) is 11.6 Å². The smallest absolute Gasteiger partial charge is 0.344 e. The van der Waals surface area contributed by atoms with Crippen LogP contribution in [0.2, 0.25) is 0 Å². The predicted molar refractivity (Wildman–Crippen MR) is 131 cm³/mol. The highest BCUT2D eigenvalue weighted by molar-refractivity contribution is 7.91. The van der Waals surface area contributed by atoms with E-state index >= 15 is 0 Å². The monoisotopic (exact) mass is 500 g/mol. The van der Waals surface area contributed by atoms with Gasteiger partial charge in [-0.15, -0.1) is 4.40 Å². The lowest BCUT2D eigenvalue weighted by Gasteiger charge is -2.34. The number of nitrogens with one attached hydrogen (secondary N) is 1. The van der Waals surface area contributed by atoms with Crippen molar-refractivity contribution in [3.05, 3.63) is 47.7 Å². The van der Waals surface area contributed by atoms with Crippen LogP contribution in [-0.4, -0.2) is 76.0 Å². The molecule has 2 aromatic rings. The van der Waals surface area contributed by atoms with Crippen molar-refractivity contribution in [1.82, 2.24) is 9.88 Å². The maximum atomic E-state index is 12.7. The molecule has 3 aliphatic rings. The molecule has 2 fully saturated rings. The van der Waals surface area contributed by atoms with E-state index in [-0.39, 0.29) is 17.7 Å². The van der Waals surface area contributed by atoms with Crippen molar-refractivity contribution < 1.29 is 22.7 Å². The van der Waals surface area contributed by atoms with Gasteiger partial charge in [-0.2, -0.15) is 8.42 Å². The maximum Gasteiger partial charge on any atom is 0.344 e. The molecule has 0 radical (unpaired) electrons. The van der Waals surface area contributed by atoms with Gasteiger partial charge in [0.15, 0.2) is 5.84 Å². The first-order valence-corrected chi connectivity index (χ1v) is 13.1. The Kier molecular flexibility index (Phi) is 6.48. The molecule has 1 amide bonds. The van der Waals surface area contributed by atoms with Gasteiger partial charge < -0.3 is 25.0 Å². The predicted octanol–water partition coefficient (Wildman–Crippen LogP) is 1.22. The second-order valence-electron chi connectivity index (χ2n) is 8.81. The summed E-state index contributed by atoms with van der Waals surface area (Å²) in [6.07, 6.45) is 3.63. The Morgan fingerprint density at radius 3 is 2.80 bits per heavy atom. The molecule has 1 atom stereocenters. The molecule has 0 saturated carbocycles. The molecule has 35 heavy (non-hydrogen) atoms. The molecular weight excluding hydrogens is 472 g/mol. The zero-order valence-electron chi connectivity index (χ0n) is 19.2. The van der Waals surface area contributed by atoms with Gasteiger partial charge >= 0.3 is 10.2 Å². The van der Waals surface area contributed by atoms with E-state index in [9.17, 15) is 13.2 Å². The number of nitrogens with zero attached hydrogens (tertiary/aromatic N) is 4. The number of nitrogens with two attached hydrogens (primary N) is 1. The van der Waals surface area contributed by atoms with Crippen LogP contribution in [0.1, 0.15) is 28.8 Å². The number of aromatic nitrogens is 1. The minimum absolute atomic E-state index is 0.0198. The molecule has 0 spiro atoms. The number of anilines is 2. The van der Waals surface area contributed by atoms with E-state index in [1.54, 1.807) is 29.3 Å². The van der Waals surface area contributed by atoms with Crippen molar-refractivity contribution in [3.8, 4) is 5.75 Å². The fourth-order valence-corrected chi connectivity index (χ4v) is 5.45. The van der Waals surface area contributed by atoms with Crippen molar-refractivity contribution in [2.45, 2.75) is 12.8 Å². The number of amides is 1. The first-order valence-electron chi connectivity index (χ1n) is 11.6. The van der Waals surface area contributed by atoms with Gasteiger partial charge in [0.2, 0.25) is 0 Å². The lowest BCUT2D eigenvalue weighted by molar-refractivity contribution is 0.0302. The molecule has 0 bridgehead atoms. The lowest BCUT2D eigenvalue weighted by Crippen LogP contribution is -2.41. The van der Waals surface area contributed by atoms with Crippen LogP contribution in [0.3, 0.4) is 0 Å². The summed E-state index contributed by atoms with van der Waals surface area (Å²) in [7, 11) is -3.84. The van der Waals surface area contributed by atoms with Crippen LogP contribution in [-0.2, 0) is 14.9 Å². The number of hydrogen-bond acceptors (Lipinski definition) is 8. The quantitative estimate of drug-likeness (QED) is 0.625. The summed E-state index contributed by atoms with van der Waals surface area (Å²) in [4.78, 5) is 21.2. The number of rotatable bonds is 5. The summed E-state index contributed by atoms with van der Waals surface area (Å²) in [6.45, 7) is 4.41. The van der Waals surface area contributed by atoms with E-state index in [1.165, 1.54) is 0 Å². The third-order valence-electron chi connectivity index (χ3n) is 6.35. The Bertz CT molecular complexity index is 1230. The zero-order chi connectivity index (χ0) is 24.4. The Balaban J connectivity index is 1.22. The fraction of sp³-hybridized carbons (Fsp3) is 0.435. The number of morpholine rings is 1. The van der Waals surface area contributed by atoms with Crippen molar-refractivity contribution in [3.63, 3.8) is 0 Å². The number of piperidine rings is 1. The molecule has 186 valence electrons. The first-order chi connectivity index (χ1) is 16.9. The average molecular weight is 501 g/mol. The van der Waals surface area contributed by atoms with Crippen molar-refractivity contribution >= 4 is 33.5 Å². The van der Waals surface area contributed by atoms with Crippen LogP contribution in [0, 0.1) is 5.92 Å². The van der Waals surface area contributed by atoms with E-state index < -0.39 is 10.2 Å². The average Bonchev–Trinajstić information content (AvgIpc) is 2.87. The topological polar surface area (TPSA) is 139 Å². The number of carbonyl (C=O) groups is 1. The first kappa shape index (κ1) is 23.4. The number of carbonyl (C=O) groups excluding carboxylic acids is 1. The summed E-state index contributed by atoms with van der Waals surface area (Å²) in [5.74, 6) is 1.46. The highest BCUT2D eigenvalue weighted by Gasteiger charge is 2.26. The zero-order valence-corrected chi connectivity index (χ0v) is 20.0. The summed E-state index contributed by atoms with van der Waals surface area (Å²) in [5.41, 5.74) is 7.30. The number of pyridine rings is 1. The molecule has 3 aliphatic heterocycles. The lowest BCUT2D eigenvalue weighted by atomic mass is 9.99. The number of amidine groups is 1. The van der Waals surface area contributed by atoms with Gasteiger partial charge in [0.05, 0.1) is 36.6 Å². The normalized spacial score (nSPS) is 21.5. The summed E-state index contributed by atoms with van der Waals surface area (Å²) < 4.78 is 40.9. The highest BCUT2D eigenvalue weighted by Crippen LogP contribution is 2.31. The molecule has 11 nitrogen and oxygen atoms in total. The van der Waals surface area contributed by atoms with Crippen molar-refractivity contribution in [1.29, 1.82) is 0 Å². The van der Waals surface area contributed by atoms with Gasteiger partial charge in [0.25, 0.3) is 5.91 Å². The summed E-state index contributed by atoms with van der Waals surface area (Å²) in [6, 6.07) is 8.83. The van der Waals surface area contributed by atoms with Crippen LogP contribution < -0.4 is 20.1 Å². The molecule has 0 aliphatic carbocycles. The van der Waals surface area contributed by atoms with Gasteiger partial charge in [-0.25, -0.2) is 4.98 Å². The number of benzene rings is 1. The maximum absolute atomic E-state index is 12.7. The molecule has 3 N–H and O–H groups in total. The van der Waals surface area contributed by atoms with Crippen LogP contribution in [0.25, 0.3) is 0 Å². The van der Waals surface area contributed by atoms with Gasteiger partial charge in [-0.3, -0.25) is 9.52 Å². The summed E-state index contributed by atoms with van der Waals surface area (Å²) in [5, 5.41) is 0. The largest absolute Gasteiger partial charge is 0.492 e. The van der Waals surface area contributed by atoms with Crippen LogP contribution in [0.4, 0.5) is 11.5 Å². The Hall–Kier alpha value is -3.38. The van der Waals surface area contributed by atoms with E-state index in [1.807, 2.05) is 12.1 Å². The second-order valence-corrected chi connectivity index (χ2v) is 10.1. The molecule has 2 saturated heterocycles. The van der Waals surface area contributed by atoms with Crippen molar-refractivity contribution in [2.24, 2.45) is 16.0 Å². The molecular formula is C23H28N6O5S. The molecule has 1 aromatic heterocycles. The minimum atomic E-state index is -3.84. The van der Waals surface area contributed by atoms with Gasteiger partial charge in [0, 0.05) is 38.3 Å². The van der Waals surface area contributed by atoms with Crippen LogP contribution >= 0.6 is 0 Å². The Morgan fingerprint density at radius 1 is 1.20 bits per heavy atom. The Labute approximate surface area is 204 Å². The molecule has 0 unspecified atom stereocenters. The number of fused-ring (bicyclic) bond motifs is 1. The van der Waals surface area contributed by atoms with E-state index in [4.69, 9.17) is 15.2 Å². The van der Waals surface area contributed by atoms with Crippen LogP contribution in [0.5, 0.6) is 5.75 Å². The second kappa shape index (κ2) is 9.70. The summed E-state index contributed by atoms with van der Waals surface area (Å²) >= 11 is 0. The fourth-order valence-electron chi connectivity index (χ4n) is 4.60. The number of hydrogen-bond donors (Lipinski definition) is 2. The van der Waals surface area contributed by atoms with E-state index in [2.05, 4.69) is 19.0 Å². The third-order valence-corrected chi connectivity index (χ3v) is 7.27. The highest BCUT2D eigenvalue weighted by atomic mass is 32.2. The van der Waals surface area contributed by atoms with Crippen molar-refractivity contribution in [2.75, 3.05) is 55.6 Å². The molecule has 5 rings (SSSR count). The van der Waals surface area contributed by atoms with E-state index in [0.29, 0.717) is 55.5 Å². The molecule has 12 heteroatoms. The third kappa shape index (κ3) is 5.17. The minimum Gasteiger partial charge on any atom is -0.492 e. The van der Waals surface area contributed by atoms with E-state index in [0.717, 1.165) is 31.7 Å². The van der Waals surface area contributed by atoms with Gasteiger partial charge in [-0.05, 0) is 37.1 Å². The Morgan fingerprint density at radius 2 is 2.03 bits per heavy atom.